The summed E-state index contributed by atoms with van der Waals surface area (Å²) in [4.78, 5) is 22.6. The average Bonchev–Trinajstić information content (AvgIpc) is 2.53. The highest BCUT2D eigenvalue weighted by molar-refractivity contribution is 5.82. The van der Waals surface area contributed by atoms with E-state index < -0.39 is 0 Å². The van der Waals surface area contributed by atoms with Crippen LogP contribution in [-0.4, -0.2) is 41.6 Å². The topological polar surface area (TPSA) is 52.7 Å². The molecule has 5 heteroatoms. The summed E-state index contributed by atoms with van der Waals surface area (Å²) in [6.45, 7) is 5.39. The van der Waals surface area contributed by atoms with E-state index in [9.17, 15) is 9.59 Å². The van der Waals surface area contributed by atoms with Gasteiger partial charge in [0.1, 0.15) is 0 Å². The Morgan fingerprint density at radius 1 is 1.62 bits per heavy atom. The Morgan fingerprint density at radius 3 is 2.69 bits per heavy atom. The van der Waals surface area contributed by atoms with Crippen LogP contribution in [0.2, 0.25) is 0 Å². The summed E-state index contributed by atoms with van der Waals surface area (Å²) in [6, 6.07) is -0.177. The number of hydrogen-bond donors (Lipinski definition) is 1. The van der Waals surface area contributed by atoms with Gasteiger partial charge in [0.25, 0.3) is 0 Å². The van der Waals surface area contributed by atoms with E-state index in [1.165, 1.54) is 10.0 Å². The summed E-state index contributed by atoms with van der Waals surface area (Å²) in [5.41, 5.74) is 0. The molecule has 1 aliphatic heterocycles. The quantitative estimate of drug-likeness (QED) is 0.682. The molecule has 0 aliphatic carbocycles. The van der Waals surface area contributed by atoms with Crippen LogP contribution >= 0.6 is 0 Å². The lowest BCUT2D eigenvalue weighted by Gasteiger charge is -2.29. The van der Waals surface area contributed by atoms with Gasteiger partial charge >= 0.3 is 6.03 Å². The Morgan fingerprint density at radius 2 is 2.31 bits per heavy atom. The van der Waals surface area contributed by atoms with Crippen molar-refractivity contribution in [1.82, 2.24) is 15.3 Å². The molecule has 0 radical (unpaired) electrons. The van der Waals surface area contributed by atoms with Gasteiger partial charge in [0.2, 0.25) is 5.91 Å². The SMILES string of the molecule is CCC(=O)N(CC)N1CCNC1=O. The standard InChI is InChI=1S/C8H15N3O2/c1-3-7(12)10(4-2)11-6-5-9-8(11)13/h3-6H2,1-2H3,(H,9,13). The number of nitrogens with zero attached hydrogens (tertiary/aromatic N) is 2. The third-order valence-electron chi connectivity index (χ3n) is 2.02. The van der Waals surface area contributed by atoms with Gasteiger partial charge in [0.05, 0.1) is 6.54 Å². The van der Waals surface area contributed by atoms with Crippen molar-refractivity contribution < 1.29 is 9.59 Å². The molecule has 0 aromatic carbocycles. The minimum atomic E-state index is -0.177. The van der Waals surface area contributed by atoms with Crippen LogP contribution in [0.25, 0.3) is 0 Å². The Balaban J connectivity index is 2.65. The highest BCUT2D eigenvalue weighted by Crippen LogP contribution is 2.05. The summed E-state index contributed by atoms with van der Waals surface area (Å²) >= 11 is 0. The van der Waals surface area contributed by atoms with Crippen LogP contribution in [0.3, 0.4) is 0 Å². The first kappa shape index (κ1) is 9.83. The van der Waals surface area contributed by atoms with Crippen molar-refractivity contribution in [2.24, 2.45) is 0 Å². The third kappa shape index (κ3) is 1.91. The molecule has 0 bridgehead atoms. The fourth-order valence-corrected chi connectivity index (χ4v) is 1.36. The highest BCUT2D eigenvalue weighted by Gasteiger charge is 2.27. The summed E-state index contributed by atoms with van der Waals surface area (Å²) in [5.74, 6) is -0.0143. The molecule has 1 fully saturated rings. The molecule has 1 saturated heterocycles. The fraction of sp³-hybridized carbons (Fsp3) is 0.750. The Kier molecular flexibility index (Phi) is 3.11. The van der Waals surface area contributed by atoms with Crippen molar-refractivity contribution in [3.63, 3.8) is 0 Å². The molecular formula is C8H15N3O2. The van der Waals surface area contributed by atoms with Gasteiger partial charge in [-0.05, 0) is 6.92 Å². The average molecular weight is 185 g/mol. The first-order valence-electron chi connectivity index (χ1n) is 4.56. The number of rotatable bonds is 3. The molecule has 3 amide bonds. The Bertz CT molecular complexity index is 217. The van der Waals surface area contributed by atoms with E-state index in [1.807, 2.05) is 6.92 Å². The van der Waals surface area contributed by atoms with Crippen LogP contribution < -0.4 is 5.32 Å². The van der Waals surface area contributed by atoms with Gasteiger partial charge in [0.15, 0.2) is 0 Å². The van der Waals surface area contributed by atoms with Crippen molar-refractivity contribution >= 4 is 11.9 Å². The van der Waals surface area contributed by atoms with E-state index in [1.54, 1.807) is 6.92 Å². The van der Waals surface area contributed by atoms with Crippen LogP contribution in [0.15, 0.2) is 0 Å². The van der Waals surface area contributed by atoms with Gasteiger partial charge in [0, 0.05) is 19.5 Å². The van der Waals surface area contributed by atoms with Gasteiger partial charge in [-0.3, -0.25) is 9.80 Å². The lowest BCUT2D eigenvalue weighted by Crippen LogP contribution is -2.47. The molecule has 0 aromatic heterocycles. The van der Waals surface area contributed by atoms with E-state index in [0.29, 0.717) is 26.1 Å². The third-order valence-corrected chi connectivity index (χ3v) is 2.02. The van der Waals surface area contributed by atoms with Gasteiger partial charge in [-0.1, -0.05) is 6.92 Å². The second-order valence-corrected chi connectivity index (χ2v) is 2.82. The predicted molar refractivity (Wildman–Crippen MR) is 47.8 cm³/mol. The predicted octanol–water partition coefficient (Wildman–Crippen LogP) is 0.185. The fourth-order valence-electron chi connectivity index (χ4n) is 1.36. The van der Waals surface area contributed by atoms with E-state index >= 15 is 0 Å². The van der Waals surface area contributed by atoms with Crippen LogP contribution in [-0.2, 0) is 4.79 Å². The highest BCUT2D eigenvalue weighted by atomic mass is 16.2. The maximum atomic E-state index is 11.4. The largest absolute Gasteiger partial charge is 0.336 e. The Hall–Kier alpha value is -1.26. The lowest BCUT2D eigenvalue weighted by atomic mass is 10.4. The first-order chi connectivity index (χ1) is 6.20. The summed E-state index contributed by atoms with van der Waals surface area (Å²) in [7, 11) is 0. The molecule has 1 aliphatic rings. The van der Waals surface area contributed by atoms with E-state index in [-0.39, 0.29) is 11.9 Å². The zero-order valence-electron chi connectivity index (χ0n) is 8.04. The summed E-state index contributed by atoms with van der Waals surface area (Å²) < 4.78 is 0. The minimum absolute atomic E-state index is 0.0143. The molecule has 1 N–H and O–H groups in total. The number of amides is 3. The van der Waals surface area contributed by atoms with Crippen molar-refractivity contribution in [2.45, 2.75) is 20.3 Å². The molecule has 1 heterocycles. The van der Waals surface area contributed by atoms with Crippen molar-refractivity contribution in [3.05, 3.63) is 0 Å². The zero-order valence-corrected chi connectivity index (χ0v) is 8.04. The van der Waals surface area contributed by atoms with Crippen molar-refractivity contribution in [1.29, 1.82) is 0 Å². The summed E-state index contributed by atoms with van der Waals surface area (Å²) in [5, 5.41) is 5.61. The summed E-state index contributed by atoms with van der Waals surface area (Å²) in [6.07, 6.45) is 0.428. The minimum Gasteiger partial charge on any atom is -0.335 e. The molecule has 74 valence electrons. The van der Waals surface area contributed by atoms with E-state index in [4.69, 9.17) is 0 Å². The van der Waals surface area contributed by atoms with Crippen LogP contribution in [0.4, 0.5) is 4.79 Å². The molecule has 0 atom stereocenters. The second kappa shape index (κ2) is 4.11. The molecule has 0 spiro atoms. The van der Waals surface area contributed by atoms with Gasteiger partial charge in [-0.2, -0.15) is 0 Å². The van der Waals surface area contributed by atoms with Crippen LogP contribution in [0.1, 0.15) is 20.3 Å². The molecule has 0 saturated carbocycles. The maximum Gasteiger partial charge on any atom is 0.336 e. The number of carbonyl (C=O) groups excluding carboxylic acids is 2. The van der Waals surface area contributed by atoms with Crippen LogP contribution in [0, 0.1) is 0 Å². The number of urea groups is 1. The molecule has 5 nitrogen and oxygen atoms in total. The second-order valence-electron chi connectivity index (χ2n) is 2.82. The zero-order chi connectivity index (χ0) is 9.84. The number of nitrogens with one attached hydrogen (secondary N) is 1. The van der Waals surface area contributed by atoms with Crippen LogP contribution in [0.5, 0.6) is 0 Å². The van der Waals surface area contributed by atoms with Crippen molar-refractivity contribution in [3.8, 4) is 0 Å². The maximum absolute atomic E-state index is 11.4. The first-order valence-corrected chi connectivity index (χ1v) is 4.56. The monoisotopic (exact) mass is 185 g/mol. The van der Waals surface area contributed by atoms with E-state index in [2.05, 4.69) is 5.32 Å². The molecule has 1 rings (SSSR count). The van der Waals surface area contributed by atoms with Gasteiger partial charge < -0.3 is 5.32 Å². The number of carbonyl (C=O) groups is 2. The lowest BCUT2D eigenvalue weighted by molar-refractivity contribution is -0.142. The normalized spacial score (nSPS) is 15.8. The smallest absolute Gasteiger partial charge is 0.335 e. The molecule has 0 aromatic rings. The van der Waals surface area contributed by atoms with Crippen molar-refractivity contribution in [2.75, 3.05) is 19.6 Å². The molecule has 13 heavy (non-hydrogen) atoms. The number of hydrazine groups is 1. The molecular weight excluding hydrogens is 170 g/mol. The van der Waals surface area contributed by atoms with Gasteiger partial charge in [-0.15, -0.1) is 0 Å². The Labute approximate surface area is 77.7 Å². The van der Waals surface area contributed by atoms with E-state index in [0.717, 1.165) is 0 Å². The number of hydrogen-bond acceptors (Lipinski definition) is 2. The van der Waals surface area contributed by atoms with Gasteiger partial charge in [-0.25, -0.2) is 9.80 Å². The molecule has 0 unspecified atom stereocenters.